The molecule has 3 aromatic heterocycles. The molecule has 0 aliphatic heterocycles. The first-order valence-corrected chi connectivity index (χ1v) is 5.76. The number of H-pyrrole nitrogens is 1. The first-order chi connectivity index (χ1) is 9.04. The first kappa shape index (κ1) is 11.5. The van der Waals surface area contributed by atoms with Crippen LogP contribution in [0.3, 0.4) is 0 Å². The van der Waals surface area contributed by atoms with Crippen molar-refractivity contribution >= 4 is 17.2 Å². The third-order valence-electron chi connectivity index (χ3n) is 2.85. The molecule has 0 bridgehead atoms. The standard InChI is InChI=1S/C11H13N7O/c1-6-8(5-17(3)16-6)13-9-4-10-14-15-11(19)18(10)7(2)12-9/h4-5,13H,1-3H3,(H,15,19). The average Bonchev–Trinajstić information content (AvgIpc) is 2.83. The SMILES string of the molecule is Cc1nn(C)cc1Nc1cc2n[nH]c(=O)n2c(C)n1. The van der Waals surface area contributed by atoms with E-state index in [1.807, 2.05) is 20.2 Å². The Balaban J connectivity index is 2.06. The van der Waals surface area contributed by atoms with Gasteiger partial charge in [-0.1, -0.05) is 0 Å². The van der Waals surface area contributed by atoms with Crippen molar-refractivity contribution in [2.24, 2.45) is 7.05 Å². The van der Waals surface area contributed by atoms with Crippen LogP contribution in [0, 0.1) is 13.8 Å². The van der Waals surface area contributed by atoms with Crippen LogP contribution in [-0.2, 0) is 7.05 Å². The first-order valence-electron chi connectivity index (χ1n) is 5.76. The Morgan fingerprint density at radius 3 is 2.84 bits per heavy atom. The third-order valence-corrected chi connectivity index (χ3v) is 2.85. The van der Waals surface area contributed by atoms with E-state index in [0.29, 0.717) is 17.3 Å². The fourth-order valence-corrected chi connectivity index (χ4v) is 2.02. The number of fused-ring (bicyclic) bond motifs is 1. The lowest BCUT2D eigenvalue weighted by molar-refractivity contribution is 0.756. The molecule has 0 saturated carbocycles. The van der Waals surface area contributed by atoms with Gasteiger partial charge < -0.3 is 5.32 Å². The molecular formula is C11H13N7O. The molecule has 0 atom stereocenters. The zero-order valence-corrected chi connectivity index (χ0v) is 10.8. The van der Waals surface area contributed by atoms with Crippen LogP contribution in [-0.4, -0.2) is 29.4 Å². The summed E-state index contributed by atoms with van der Waals surface area (Å²) in [7, 11) is 1.85. The largest absolute Gasteiger partial charge is 0.349 e. The van der Waals surface area contributed by atoms with E-state index < -0.39 is 0 Å². The maximum absolute atomic E-state index is 11.5. The molecule has 2 N–H and O–H groups in total. The fourth-order valence-electron chi connectivity index (χ4n) is 2.02. The molecular weight excluding hydrogens is 246 g/mol. The van der Waals surface area contributed by atoms with Gasteiger partial charge in [0.25, 0.3) is 0 Å². The molecule has 3 rings (SSSR count). The highest BCUT2D eigenvalue weighted by Gasteiger charge is 2.09. The number of rotatable bonds is 2. The summed E-state index contributed by atoms with van der Waals surface area (Å²) in [4.78, 5) is 15.8. The zero-order valence-electron chi connectivity index (χ0n) is 10.8. The van der Waals surface area contributed by atoms with Crippen molar-refractivity contribution in [3.05, 3.63) is 34.3 Å². The van der Waals surface area contributed by atoms with Crippen LogP contribution >= 0.6 is 0 Å². The summed E-state index contributed by atoms with van der Waals surface area (Å²) in [6.45, 7) is 3.66. The van der Waals surface area contributed by atoms with E-state index >= 15 is 0 Å². The molecule has 0 amide bonds. The predicted octanol–water partition coefficient (Wildman–Crippen LogP) is 0.512. The molecule has 8 nitrogen and oxygen atoms in total. The monoisotopic (exact) mass is 259 g/mol. The molecule has 0 radical (unpaired) electrons. The quantitative estimate of drug-likeness (QED) is 0.699. The van der Waals surface area contributed by atoms with Gasteiger partial charge in [0.1, 0.15) is 11.6 Å². The molecule has 0 aliphatic rings. The minimum absolute atomic E-state index is 0.288. The molecule has 0 unspecified atom stereocenters. The third kappa shape index (κ3) is 1.86. The van der Waals surface area contributed by atoms with Crippen molar-refractivity contribution in [2.45, 2.75) is 13.8 Å². The van der Waals surface area contributed by atoms with Gasteiger partial charge in [0.2, 0.25) is 0 Å². The molecule has 0 saturated heterocycles. The summed E-state index contributed by atoms with van der Waals surface area (Å²) in [6.07, 6.45) is 1.87. The number of anilines is 2. The molecule has 0 spiro atoms. The Morgan fingerprint density at radius 1 is 1.37 bits per heavy atom. The number of aromatic nitrogens is 6. The summed E-state index contributed by atoms with van der Waals surface area (Å²) in [5, 5.41) is 13.7. The Labute approximate surface area is 108 Å². The van der Waals surface area contributed by atoms with Crippen molar-refractivity contribution in [3.63, 3.8) is 0 Å². The Kier molecular flexibility index (Phi) is 2.37. The highest BCUT2D eigenvalue weighted by Crippen LogP contribution is 2.18. The van der Waals surface area contributed by atoms with E-state index in [1.165, 1.54) is 4.40 Å². The second kappa shape index (κ2) is 3.94. The van der Waals surface area contributed by atoms with Gasteiger partial charge >= 0.3 is 5.69 Å². The van der Waals surface area contributed by atoms with E-state index in [2.05, 4.69) is 25.6 Å². The van der Waals surface area contributed by atoms with Crippen molar-refractivity contribution in [2.75, 3.05) is 5.32 Å². The second-order valence-corrected chi connectivity index (χ2v) is 4.34. The van der Waals surface area contributed by atoms with Gasteiger partial charge in [-0.2, -0.15) is 10.2 Å². The lowest BCUT2D eigenvalue weighted by Crippen LogP contribution is -2.13. The van der Waals surface area contributed by atoms with Crippen LogP contribution in [0.15, 0.2) is 17.1 Å². The van der Waals surface area contributed by atoms with E-state index in [9.17, 15) is 4.79 Å². The summed E-state index contributed by atoms with van der Waals surface area (Å²) >= 11 is 0. The molecule has 0 aromatic carbocycles. The Hall–Kier alpha value is -2.64. The maximum Gasteiger partial charge on any atom is 0.349 e. The van der Waals surface area contributed by atoms with Gasteiger partial charge in [-0.05, 0) is 13.8 Å². The number of nitrogens with one attached hydrogen (secondary N) is 2. The number of nitrogens with zero attached hydrogens (tertiary/aromatic N) is 5. The maximum atomic E-state index is 11.5. The second-order valence-electron chi connectivity index (χ2n) is 4.34. The molecule has 0 aliphatic carbocycles. The van der Waals surface area contributed by atoms with Crippen LogP contribution in [0.5, 0.6) is 0 Å². The van der Waals surface area contributed by atoms with Crippen LogP contribution in [0.4, 0.5) is 11.5 Å². The highest BCUT2D eigenvalue weighted by molar-refractivity contribution is 5.61. The Bertz CT molecular complexity index is 810. The summed E-state index contributed by atoms with van der Waals surface area (Å²) in [5.41, 5.74) is 1.99. The fraction of sp³-hybridized carbons (Fsp3) is 0.273. The molecule has 0 fully saturated rings. The van der Waals surface area contributed by atoms with Crippen molar-refractivity contribution < 1.29 is 0 Å². The van der Waals surface area contributed by atoms with Crippen LogP contribution < -0.4 is 11.0 Å². The topological polar surface area (TPSA) is 92.9 Å². The molecule has 19 heavy (non-hydrogen) atoms. The van der Waals surface area contributed by atoms with E-state index in [0.717, 1.165) is 11.4 Å². The summed E-state index contributed by atoms with van der Waals surface area (Å²) < 4.78 is 3.14. The molecule has 3 aromatic rings. The summed E-state index contributed by atoms with van der Waals surface area (Å²) in [5.74, 6) is 1.19. The van der Waals surface area contributed by atoms with Crippen molar-refractivity contribution in [3.8, 4) is 0 Å². The van der Waals surface area contributed by atoms with Crippen LogP contribution in [0.1, 0.15) is 11.5 Å². The van der Waals surface area contributed by atoms with E-state index in [1.54, 1.807) is 17.7 Å². The average molecular weight is 259 g/mol. The van der Waals surface area contributed by atoms with Gasteiger partial charge in [0.15, 0.2) is 5.65 Å². The number of aromatic amines is 1. The molecule has 98 valence electrons. The lowest BCUT2D eigenvalue weighted by atomic mass is 10.4. The number of hydrogen-bond acceptors (Lipinski definition) is 5. The van der Waals surface area contributed by atoms with Gasteiger partial charge in [0, 0.05) is 19.3 Å². The minimum atomic E-state index is -0.288. The Morgan fingerprint density at radius 2 is 2.16 bits per heavy atom. The van der Waals surface area contributed by atoms with Gasteiger partial charge in [-0.15, -0.1) is 0 Å². The zero-order chi connectivity index (χ0) is 13.6. The predicted molar refractivity (Wildman–Crippen MR) is 69.6 cm³/mol. The smallest absolute Gasteiger partial charge is 0.337 e. The lowest BCUT2D eigenvalue weighted by Gasteiger charge is -2.05. The number of hydrogen-bond donors (Lipinski definition) is 2. The van der Waals surface area contributed by atoms with Crippen LogP contribution in [0.25, 0.3) is 5.65 Å². The van der Waals surface area contributed by atoms with E-state index in [4.69, 9.17) is 0 Å². The van der Waals surface area contributed by atoms with Gasteiger partial charge in [0.05, 0.1) is 11.4 Å². The van der Waals surface area contributed by atoms with Gasteiger partial charge in [-0.3, -0.25) is 4.68 Å². The van der Waals surface area contributed by atoms with Gasteiger partial charge in [-0.25, -0.2) is 19.3 Å². The number of aryl methyl sites for hydroxylation is 3. The van der Waals surface area contributed by atoms with Crippen molar-refractivity contribution in [1.82, 2.24) is 29.4 Å². The summed E-state index contributed by atoms with van der Waals surface area (Å²) in [6, 6.07) is 1.71. The van der Waals surface area contributed by atoms with Crippen LogP contribution in [0.2, 0.25) is 0 Å². The minimum Gasteiger partial charge on any atom is -0.337 e. The van der Waals surface area contributed by atoms with Crippen molar-refractivity contribution in [1.29, 1.82) is 0 Å². The highest BCUT2D eigenvalue weighted by atomic mass is 16.1. The molecule has 3 heterocycles. The normalized spacial score (nSPS) is 11.1. The van der Waals surface area contributed by atoms with E-state index in [-0.39, 0.29) is 5.69 Å². The molecule has 8 heteroatoms.